The molecule has 0 N–H and O–H groups in total. The van der Waals surface area contributed by atoms with E-state index in [0.717, 1.165) is 12.3 Å². The summed E-state index contributed by atoms with van der Waals surface area (Å²) in [6.07, 6.45) is 6.33. The van der Waals surface area contributed by atoms with Crippen LogP contribution < -0.4 is 0 Å². The highest BCUT2D eigenvalue weighted by Gasteiger charge is 2.19. The predicted octanol–water partition coefficient (Wildman–Crippen LogP) is 3.87. The highest BCUT2D eigenvalue weighted by Crippen LogP contribution is 2.27. The average molecular weight is 230 g/mol. The van der Waals surface area contributed by atoms with E-state index >= 15 is 0 Å². The molecular weight excluding hydrogens is 206 g/mol. The first-order valence-electron chi connectivity index (χ1n) is 6.96. The van der Waals surface area contributed by atoms with Gasteiger partial charge in [0.15, 0.2) is 0 Å². The minimum absolute atomic E-state index is 0.792. The molecule has 0 atom stereocenters. The second kappa shape index (κ2) is 6.80. The van der Waals surface area contributed by atoms with Crippen LogP contribution in [-0.2, 0) is 0 Å². The fourth-order valence-corrected chi connectivity index (χ4v) is 2.73. The molecule has 1 heteroatoms. The first-order valence-corrected chi connectivity index (χ1v) is 6.96. The third kappa shape index (κ3) is 3.85. The van der Waals surface area contributed by atoms with Crippen molar-refractivity contribution in [3.63, 3.8) is 0 Å². The summed E-state index contributed by atoms with van der Waals surface area (Å²) < 4.78 is 0. The average Bonchev–Trinajstić information content (AvgIpc) is 2.41. The molecule has 0 amide bonds. The molecule has 0 aromatic heterocycles. The van der Waals surface area contributed by atoms with E-state index in [9.17, 15) is 0 Å². The predicted molar refractivity (Wildman–Crippen MR) is 74.1 cm³/mol. The Balaban J connectivity index is 1.74. The first-order chi connectivity index (χ1) is 8.40. The molecule has 1 radical (unpaired) electrons. The topological polar surface area (TPSA) is 3.24 Å². The Morgan fingerprint density at radius 3 is 2.41 bits per heavy atom. The Hall–Kier alpha value is -0.820. The highest BCUT2D eigenvalue weighted by molar-refractivity contribution is 5.19. The number of rotatable bonds is 5. The van der Waals surface area contributed by atoms with Crippen molar-refractivity contribution in [3.8, 4) is 0 Å². The normalized spacial score (nSPS) is 18.4. The van der Waals surface area contributed by atoms with Crippen LogP contribution in [0.5, 0.6) is 0 Å². The van der Waals surface area contributed by atoms with Crippen molar-refractivity contribution in [2.45, 2.75) is 38.0 Å². The lowest BCUT2D eigenvalue weighted by Crippen LogP contribution is -2.33. The maximum absolute atomic E-state index is 3.90. The molecule has 1 aliphatic heterocycles. The number of piperidine rings is 1. The second-order valence-corrected chi connectivity index (χ2v) is 5.09. The zero-order valence-electron chi connectivity index (χ0n) is 10.8. The molecule has 1 saturated heterocycles. The minimum atomic E-state index is 0.792. The number of nitrogens with zero attached hydrogens (tertiary/aromatic N) is 1. The van der Waals surface area contributed by atoms with E-state index in [-0.39, 0.29) is 0 Å². The van der Waals surface area contributed by atoms with Crippen molar-refractivity contribution >= 4 is 0 Å². The van der Waals surface area contributed by atoms with E-state index < -0.39 is 0 Å². The molecule has 2 rings (SSSR count). The van der Waals surface area contributed by atoms with E-state index in [0.29, 0.717) is 0 Å². The van der Waals surface area contributed by atoms with Gasteiger partial charge in [-0.05, 0) is 50.4 Å². The number of benzene rings is 1. The number of unbranched alkanes of at least 4 members (excludes halogenated alkanes) is 2. The summed E-state index contributed by atoms with van der Waals surface area (Å²) in [7, 11) is 0. The van der Waals surface area contributed by atoms with Crippen LogP contribution >= 0.6 is 0 Å². The summed E-state index contributed by atoms with van der Waals surface area (Å²) in [5.41, 5.74) is 1.53. The fourth-order valence-electron chi connectivity index (χ4n) is 2.73. The largest absolute Gasteiger partial charge is 0.303 e. The minimum Gasteiger partial charge on any atom is -0.303 e. The molecule has 1 aromatic carbocycles. The lowest BCUT2D eigenvalue weighted by molar-refractivity contribution is 0.209. The quantitative estimate of drug-likeness (QED) is 0.694. The summed E-state index contributed by atoms with van der Waals surface area (Å²) in [5, 5.41) is 0. The Morgan fingerprint density at radius 2 is 1.76 bits per heavy atom. The summed E-state index contributed by atoms with van der Waals surface area (Å²) in [5.74, 6) is 0.792. The molecule has 1 aliphatic rings. The summed E-state index contributed by atoms with van der Waals surface area (Å²) in [4.78, 5) is 2.62. The van der Waals surface area contributed by atoms with Crippen LogP contribution in [0.15, 0.2) is 30.3 Å². The molecular formula is C16H24N. The van der Waals surface area contributed by atoms with Gasteiger partial charge in [0, 0.05) is 0 Å². The van der Waals surface area contributed by atoms with Gasteiger partial charge in [0.05, 0.1) is 0 Å². The smallest absolute Gasteiger partial charge is 0.00129 e. The fraction of sp³-hybridized carbons (Fsp3) is 0.562. The number of hydrogen-bond donors (Lipinski definition) is 0. The molecule has 0 spiro atoms. The van der Waals surface area contributed by atoms with Gasteiger partial charge in [0.1, 0.15) is 0 Å². The van der Waals surface area contributed by atoms with Gasteiger partial charge in [-0.3, -0.25) is 0 Å². The van der Waals surface area contributed by atoms with Gasteiger partial charge < -0.3 is 4.90 Å². The van der Waals surface area contributed by atoms with Crippen molar-refractivity contribution in [2.75, 3.05) is 19.6 Å². The van der Waals surface area contributed by atoms with Crippen LogP contribution in [0.3, 0.4) is 0 Å². The molecule has 0 aliphatic carbocycles. The Kier molecular flexibility index (Phi) is 5.06. The van der Waals surface area contributed by atoms with Crippen LogP contribution in [0.2, 0.25) is 0 Å². The molecule has 1 heterocycles. The molecule has 0 bridgehead atoms. The zero-order valence-corrected chi connectivity index (χ0v) is 10.8. The Bertz CT molecular complexity index is 299. The lowest BCUT2D eigenvalue weighted by Gasteiger charge is -2.32. The van der Waals surface area contributed by atoms with Crippen molar-refractivity contribution < 1.29 is 0 Å². The van der Waals surface area contributed by atoms with Gasteiger partial charge in [0.25, 0.3) is 0 Å². The Morgan fingerprint density at radius 1 is 1.06 bits per heavy atom. The van der Waals surface area contributed by atoms with Crippen LogP contribution in [0, 0.1) is 6.92 Å². The van der Waals surface area contributed by atoms with E-state index in [1.54, 1.807) is 0 Å². The third-order valence-corrected chi connectivity index (χ3v) is 3.83. The summed E-state index contributed by atoms with van der Waals surface area (Å²) in [6.45, 7) is 7.73. The lowest BCUT2D eigenvalue weighted by atomic mass is 9.89. The van der Waals surface area contributed by atoms with Gasteiger partial charge in [0.2, 0.25) is 0 Å². The molecule has 0 unspecified atom stereocenters. The third-order valence-electron chi connectivity index (χ3n) is 3.83. The van der Waals surface area contributed by atoms with Gasteiger partial charge in [-0.1, -0.05) is 50.1 Å². The van der Waals surface area contributed by atoms with Gasteiger partial charge in [-0.2, -0.15) is 0 Å². The van der Waals surface area contributed by atoms with Crippen LogP contribution in [0.1, 0.15) is 43.6 Å². The standard InChI is InChI=1S/C16H24N/c1-2-3-7-12-17-13-10-16(11-14-17)15-8-5-4-6-9-15/h4-6,8-9,16H,1-3,7,10-14H2. The van der Waals surface area contributed by atoms with Gasteiger partial charge in [-0.25, -0.2) is 0 Å². The van der Waals surface area contributed by atoms with Crippen molar-refractivity contribution in [2.24, 2.45) is 0 Å². The van der Waals surface area contributed by atoms with Crippen molar-refractivity contribution in [1.29, 1.82) is 0 Å². The summed E-state index contributed by atoms with van der Waals surface area (Å²) >= 11 is 0. The molecule has 93 valence electrons. The molecule has 1 fully saturated rings. The van der Waals surface area contributed by atoms with E-state index in [1.165, 1.54) is 50.9 Å². The zero-order chi connectivity index (χ0) is 11.9. The van der Waals surface area contributed by atoms with Crippen LogP contribution in [0.4, 0.5) is 0 Å². The number of likely N-dealkylation sites (tertiary alicyclic amines) is 1. The highest BCUT2D eigenvalue weighted by atomic mass is 15.1. The molecule has 17 heavy (non-hydrogen) atoms. The van der Waals surface area contributed by atoms with Gasteiger partial charge in [-0.15, -0.1) is 0 Å². The maximum atomic E-state index is 3.90. The molecule has 1 nitrogen and oxygen atoms in total. The van der Waals surface area contributed by atoms with Gasteiger partial charge >= 0.3 is 0 Å². The van der Waals surface area contributed by atoms with Crippen LogP contribution in [0.25, 0.3) is 0 Å². The SMILES string of the molecule is [CH2]CCCCN1CCC(c2ccccc2)CC1. The molecule has 1 aromatic rings. The molecule has 0 saturated carbocycles. The first kappa shape index (κ1) is 12.6. The monoisotopic (exact) mass is 230 g/mol. The van der Waals surface area contributed by atoms with Crippen molar-refractivity contribution in [3.05, 3.63) is 42.8 Å². The van der Waals surface area contributed by atoms with E-state index in [4.69, 9.17) is 0 Å². The summed E-state index contributed by atoms with van der Waals surface area (Å²) in [6, 6.07) is 11.0. The van der Waals surface area contributed by atoms with E-state index in [1.807, 2.05) is 0 Å². The van der Waals surface area contributed by atoms with Crippen molar-refractivity contribution in [1.82, 2.24) is 4.90 Å². The van der Waals surface area contributed by atoms with E-state index in [2.05, 4.69) is 42.2 Å². The van der Waals surface area contributed by atoms with Crippen LogP contribution in [-0.4, -0.2) is 24.5 Å². The second-order valence-electron chi connectivity index (χ2n) is 5.09. The Labute approximate surface area is 106 Å². The number of hydrogen-bond acceptors (Lipinski definition) is 1. The maximum Gasteiger partial charge on any atom is -0.00129 e.